The van der Waals surface area contributed by atoms with Crippen molar-refractivity contribution in [2.45, 2.75) is 25.7 Å². The fourth-order valence-electron chi connectivity index (χ4n) is 1.56. The van der Waals surface area contributed by atoms with Crippen molar-refractivity contribution in [2.24, 2.45) is 0 Å². The van der Waals surface area contributed by atoms with Crippen LogP contribution in [0, 0.1) is 0 Å². The molecule has 16 heavy (non-hydrogen) atoms. The highest BCUT2D eigenvalue weighted by Crippen LogP contribution is 2.32. The van der Waals surface area contributed by atoms with E-state index in [1.54, 1.807) is 0 Å². The first-order valence-corrected chi connectivity index (χ1v) is 7.28. The zero-order valence-electron chi connectivity index (χ0n) is 10.3. The molecule has 1 aromatic rings. The Kier molecular flexibility index (Phi) is 5.97. The minimum Gasteiger partial charge on any atom is -0.320 e. The first-order chi connectivity index (χ1) is 7.56. The van der Waals surface area contributed by atoms with Gasteiger partial charge in [-0.25, -0.2) is 0 Å². The Morgan fingerprint density at radius 2 is 2.06 bits per heavy atom. The van der Waals surface area contributed by atoms with Gasteiger partial charge in [-0.1, -0.05) is 13.8 Å². The Hall–Kier alpha value is 0.1000. The van der Waals surface area contributed by atoms with Crippen LogP contribution in [0.2, 0.25) is 0 Å². The molecule has 1 aromatic heterocycles. The number of thiophene rings is 1. The highest BCUT2D eigenvalue weighted by molar-refractivity contribution is 9.11. The molecule has 0 aliphatic rings. The average molecular weight is 305 g/mol. The van der Waals surface area contributed by atoms with Gasteiger partial charge in [-0.05, 0) is 54.6 Å². The molecule has 0 aromatic carbocycles. The van der Waals surface area contributed by atoms with Crippen molar-refractivity contribution < 1.29 is 0 Å². The van der Waals surface area contributed by atoms with E-state index in [1.165, 1.54) is 15.1 Å². The van der Waals surface area contributed by atoms with Gasteiger partial charge in [-0.15, -0.1) is 11.3 Å². The second kappa shape index (κ2) is 6.74. The second-order valence-electron chi connectivity index (χ2n) is 4.62. The van der Waals surface area contributed by atoms with Crippen LogP contribution >= 0.6 is 27.3 Å². The molecule has 0 unspecified atom stereocenters. The second-order valence-corrected chi connectivity index (χ2v) is 7.08. The molecule has 4 heteroatoms. The Labute approximate surface area is 111 Å². The fourth-order valence-corrected chi connectivity index (χ4v) is 3.04. The molecule has 0 aliphatic carbocycles. The lowest BCUT2D eigenvalue weighted by Gasteiger charge is -2.23. The van der Waals surface area contributed by atoms with Crippen molar-refractivity contribution in [1.29, 1.82) is 0 Å². The molecule has 0 spiro atoms. The third-order valence-corrected chi connectivity index (χ3v) is 4.58. The molecule has 1 rings (SSSR count). The smallest absolute Gasteiger partial charge is 0.0701 e. The minimum atomic E-state index is 0.219. The van der Waals surface area contributed by atoms with Crippen LogP contribution in [0.5, 0.6) is 0 Å². The van der Waals surface area contributed by atoms with Crippen LogP contribution in [0.4, 0.5) is 0 Å². The van der Waals surface area contributed by atoms with Crippen LogP contribution in [-0.4, -0.2) is 26.7 Å². The molecule has 0 fully saturated rings. The molecule has 0 aliphatic heterocycles. The highest BCUT2D eigenvalue weighted by Gasteiger charge is 2.21. The predicted octanol–water partition coefficient (Wildman–Crippen LogP) is 2.99. The van der Waals surface area contributed by atoms with Crippen LogP contribution in [0.15, 0.2) is 15.9 Å². The maximum Gasteiger partial charge on any atom is 0.0701 e. The van der Waals surface area contributed by atoms with Gasteiger partial charge in [0.05, 0.1) is 3.79 Å². The molecule has 0 saturated heterocycles. The third kappa shape index (κ3) is 4.53. The summed E-state index contributed by atoms with van der Waals surface area (Å²) in [5, 5.41) is 6.68. The molecular weight excluding hydrogens is 284 g/mol. The average Bonchev–Trinajstić information content (AvgIpc) is 2.65. The molecule has 0 atom stereocenters. The summed E-state index contributed by atoms with van der Waals surface area (Å²) in [6.07, 6.45) is 1.18. The van der Waals surface area contributed by atoms with Crippen LogP contribution in [0.25, 0.3) is 0 Å². The van der Waals surface area contributed by atoms with E-state index in [-0.39, 0.29) is 5.41 Å². The van der Waals surface area contributed by atoms with Crippen molar-refractivity contribution in [2.75, 3.05) is 26.7 Å². The lowest BCUT2D eigenvalue weighted by atomic mass is 9.91. The molecule has 2 nitrogen and oxygen atoms in total. The molecule has 0 amide bonds. The number of hydrogen-bond acceptors (Lipinski definition) is 3. The molecule has 1 heterocycles. The van der Waals surface area contributed by atoms with Gasteiger partial charge >= 0.3 is 0 Å². The normalized spacial score (nSPS) is 12.0. The predicted molar refractivity (Wildman–Crippen MR) is 76.5 cm³/mol. The Morgan fingerprint density at radius 1 is 1.31 bits per heavy atom. The Morgan fingerprint density at radius 3 is 2.62 bits per heavy atom. The Balaban J connectivity index is 2.34. The summed E-state index contributed by atoms with van der Waals surface area (Å²) in [7, 11) is 1.99. The summed E-state index contributed by atoms with van der Waals surface area (Å²) < 4.78 is 1.21. The van der Waals surface area contributed by atoms with Crippen molar-refractivity contribution in [3.05, 3.63) is 20.8 Å². The first-order valence-electron chi connectivity index (χ1n) is 5.67. The standard InChI is InChI=1S/C12H21BrN2S/c1-12(2,9-15-8-4-7-14-3)10-5-6-11(13)16-10/h5-6,14-15H,4,7-9H2,1-3H3. The van der Waals surface area contributed by atoms with Crippen LogP contribution in [0.3, 0.4) is 0 Å². The molecule has 0 bridgehead atoms. The van der Waals surface area contributed by atoms with E-state index in [4.69, 9.17) is 0 Å². The quantitative estimate of drug-likeness (QED) is 0.757. The van der Waals surface area contributed by atoms with Gasteiger partial charge in [0.15, 0.2) is 0 Å². The van der Waals surface area contributed by atoms with Crippen LogP contribution in [0.1, 0.15) is 25.1 Å². The third-order valence-electron chi connectivity index (χ3n) is 2.59. The summed E-state index contributed by atoms with van der Waals surface area (Å²) in [6.45, 7) is 7.77. The summed E-state index contributed by atoms with van der Waals surface area (Å²) >= 11 is 5.34. The number of rotatable bonds is 7. The highest BCUT2D eigenvalue weighted by atomic mass is 79.9. The van der Waals surface area contributed by atoms with Gasteiger partial charge in [0.1, 0.15) is 0 Å². The van der Waals surface area contributed by atoms with E-state index in [1.807, 2.05) is 18.4 Å². The summed E-state index contributed by atoms with van der Waals surface area (Å²) in [6, 6.07) is 4.34. The SMILES string of the molecule is CNCCCNCC(C)(C)c1ccc(Br)s1. The lowest BCUT2D eigenvalue weighted by molar-refractivity contribution is 0.472. The van der Waals surface area contributed by atoms with Crippen molar-refractivity contribution >= 4 is 27.3 Å². The maximum absolute atomic E-state index is 3.52. The van der Waals surface area contributed by atoms with Gasteiger partial charge in [0.25, 0.3) is 0 Å². The van der Waals surface area contributed by atoms with Crippen LogP contribution in [-0.2, 0) is 5.41 Å². The Bertz CT molecular complexity index is 310. The molecule has 0 saturated carbocycles. The minimum absolute atomic E-state index is 0.219. The largest absolute Gasteiger partial charge is 0.320 e. The van der Waals surface area contributed by atoms with E-state index in [0.29, 0.717) is 0 Å². The van der Waals surface area contributed by atoms with E-state index in [2.05, 4.69) is 52.5 Å². The van der Waals surface area contributed by atoms with Crippen molar-refractivity contribution in [1.82, 2.24) is 10.6 Å². The monoisotopic (exact) mass is 304 g/mol. The van der Waals surface area contributed by atoms with Gasteiger partial charge < -0.3 is 10.6 Å². The molecule has 0 radical (unpaired) electrons. The first kappa shape index (κ1) is 14.2. The van der Waals surface area contributed by atoms with Crippen molar-refractivity contribution in [3.8, 4) is 0 Å². The zero-order chi connectivity index (χ0) is 12.0. The molecule has 2 N–H and O–H groups in total. The summed E-state index contributed by atoms with van der Waals surface area (Å²) in [4.78, 5) is 1.43. The topological polar surface area (TPSA) is 24.1 Å². The fraction of sp³-hybridized carbons (Fsp3) is 0.667. The number of nitrogens with one attached hydrogen (secondary N) is 2. The number of halogens is 1. The van der Waals surface area contributed by atoms with Crippen molar-refractivity contribution in [3.63, 3.8) is 0 Å². The van der Waals surface area contributed by atoms with Gasteiger partial charge in [-0.3, -0.25) is 0 Å². The lowest BCUT2D eigenvalue weighted by Crippen LogP contribution is -2.33. The van der Waals surface area contributed by atoms with E-state index in [0.717, 1.165) is 19.6 Å². The molecule has 92 valence electrons. The van der Waals surface area contributed by atoms with Gasteiger partial charge in [0, 0.05) is 16.8 Å². The molecular formula is C12H21BrN2S. The van der Waals surface area contributed by atoms with E-state index in [9.17, 15) is 0 Å². The van der Waals surface area contributed by atoms with Gasteiger partial charge in [-0.2, -0.15) is 0 Å². The van der Waals surface area contributed by atoms with E-state index < -0.39 is 0 Å². The zero-order valence-corrected chi connectivity index (χ0v) is 12.7. The van der Waals surface area contributed by atoms with Gasteiger partial charge in [0.2, 0.25) is 0 Å². The van der Waals surface area contributed by atoms with Crippen LogP contribution < -0.4 is 10.6 Å². The number of hydrogen-bond donors (Lipinski definition) is 2. The maximum atomic E-state index is 3.52. The summed E-state index contributed by atoms with van der Waals surface area (Å²) in [5.74, 6) is 0. The summed E-state index contributed by atoms with van der Waals surface area (Å²) in [5.41, 5.74) is 0.219. The van der Waals surface area contributed by atoms with E-state index >= 15 is 0 Å².